The van der Waals surface area contributed by atoms with Gasteiger partial charge in [-0.2, -0.15) is 0 Å². The first-order chi connectivity index (χ1) is 10.2. The molecule has 7 nitrogen and oxygen atoms in total. The highest BCUT2D eigenvalue weighted by atomic mass is 16.5. The van der Waals surface area contributed by atoms with E-state index in [1.165, 1.54) is 12.0 Å². The first-order valence-corrected chi connectivity index (χ1v) is 6.97. The Balaban J connectivity index is 1.98. The monoisotopic (exact) mass is 296 g/mol. The molecule has 1 aliphatic carbocycles. The predicted molar refractivity (Wildman–Crippen MR) is 72.9 cm³/mol. The zero-order chi connectivity index (χ0) is 15.2. The molecule has 0 bridgehead atoms. The summed E-state index contributed by atoms with van der Waals surface area (Å²) in [6.45, 7) is 1.04. The minimum Gasteiger partial charge on any atom is -0.469 e. The molecule has 1 heterocycles. The fraction of sp³-hybridized carbons (Fsp3) is 0.643. The summed E-state index contributed by atoms with van der Waals surface area (Å²) in [4.78, 5) is 25.2. The molecule has 0 aliphatic heterocycles. The number of hydrogen-bond donors (Lipinski definition) is 0. The molecule has 0 N–H and O–H groups in total. The van der Waals surface area contributed by atoms with E-state index in [0.717, 1.165) is 18.6 Å². The highest BCUT2D eigenvalue weighted by molar-refractivity contribution is 5.92. The van der Waals surface area contributed by atoms with Crippen LogP contribution in [0.2, 0.25) is 0 Å². The van der Waals surface area contributed by atoms with Crippen molar-refractivity contribution in [3.63, 3.8) is 0 Å². The van der Waals surface area contributed by atoms with Crippen LogP contribution in [0, 0.1) is 0 Å². The zero-order valence-corrected chi connectivity index (χ0v) is 12.3. The van der Waals surface area contributed by atoms with E-state index in [4.69, 9.17) is 9.26 Å². The van der Waals surface area contributed by atoms with E-state index in [0.29, 0.717) is 19.1 Å². The van der Waals surface area contributed by atoms with Gasteiger partial charge >= 0.3 is 5.97 Å². The van der Waals surface area contributed by atoms with Gasteiger partial charge in [-0.25, -0.2) is 0 Å². The molecule has 0 atom stereocenters. The number of esters is 1. The largest absolute Gasteiger partial charge is 0.469 e. The van der Waals surface area contributed by atoms with Crippen LogP contribution < -0.4 is 0 Å². The SMILES string of the molecule is COCCN(CCC(=O)OC)C(=O)c1cc(C2CC2)on1. The Labute approximate surface area is 123 Å². The Morgan fingerprint density at radius 2 is 2.14 bits per heavy atom. The third kappa shape index (κ3) is 4.29. The molecule has 0 spiro atoms. The molecule has 0 radical (unpaired) electrons. The van der Waals surface area contributed by atoms with Crippen LogP contribution in [0.4, 0.5) is 0 Å². The average molecular weight is 296 g/mol. The van der Waals surface area contributed by atoms with Gasteiger partial charge in [0.25, 0.3) is 5.91 Å². The van der Waals surface area contributed by atoms with Crippen LogP contribution in [0.15, 0.2) is 10.6 Å². The molecule has 1 aromatic heterocycles. The molecule has 0 aromatic carbocycles. The lowest BCUT2D eigenvalue weighted by atomic mass is 10.2. The molecular formula is C14H20N2O5. The van der Waals surface area contributed by atoms with Gasteiger partial charge in [0.15, 0.2) is 5.69 Å². The fourth-order valence-corrected chi connectivity index (χ4v) is 1.96. The summed E-state index contributed by atoms with van der Waals surface area (Å²) >= 11 is 0. The molecule has 1 aromatic rings. The number of nitrogens with zero attached hydrogens (tertiary/aromatic N) is 2. The second-order valence-corrected chi connectivity index (χ2v) is 5.00. The van der Waals surface area contributed by atoms with Crippen LogP contribution in [0.25, 0.3) is 0 Å². The molecule has 2 rings (SSSR count). The van der Waals surface area contributed by atoms with Gasteiger partial charge < -0.3 is 18.9 Å². The number of carbonyl (C=O) groups excluding carboxylic acids is 2. The number of carbonyl (C=O) groups is 2. The van der Waals surface area contributed by atoms with E-state index >= 15 is 0 Å². The quantitative estimate of drug-likeness (QED) is 0.670. The van der Waals surface area contributed by atoms with Gasteiger partial charge in [-0.15, -0.1) is 0 Å². The van der Waals surface area contributed by atoms with Crippen LogP contribution in [-0.4, -0.2) is 55.8 Å². The van der Waals surface area contributed by atoms with E-state index < -0.39 is 0 Å². The van der Waals surface area contributed by atoms with Crippen LogP contribution in [0.5, 0.6) is 0 Å². The summed E-state index contributed by atoms with van der Waals surface area (Å²) in [7, 11) is 2.88. The molecule has 116 valence electrons. The highest BCUT2D eigenvalue weighted by Gasteiger charge is 2.30. The maximum Gasteiger partial charge on any atom is 0.307 e. The molecule has 7 heteroatoms. The summed E-state index contributed by atoms with van der Waals surface area (Å²) < 4.78 is 14.8. The van der Waals surface area contributed by atoms with Crippen molar-refractivity contribution in [3.8, 4) is 0 Å². The molecule has 21 heavy (non-hydrogen) atoms. The first kappa shape index (κ1) is 15.5. The van der Waals surface area contributed by atoms with Crippen LogP contribution in [-0.2, 0) is 14.3 Å². The fourth-order valence-electron chi connectivity index (χ4n) is 1.96. The molecule has 1 aliphatic rings. The first-order valence-electron chi connectivity index (χ1n) is 6.97. The Morgan fingerprint density at radius 3 is 2.76 bits per heavy atom. The second-order valence-electron chi connectivity index (χ2n) is 5.00. The minimum atomic E-state index is -0.357. The van der Waals surface area contributed by atoms with Gasteiger partial charge in [-0.3, -0.25) is 9.59 Å². The Hall–Kier alpha value is -1.89. The third-order valence-electron chi connectivity index (χ3n) is 3.39. The van der Waals surface area contributed by atoms with Crippen LogP contribution in [0.3, 0.4) is 0 Å². The average Bonchev–Trinajstić information content (AvgIpc) is 3.23. The number of rotatable bonds is 8. The maximum atomic E-state index is 12.4. The van der Waals surface area contributed by atoms with E-state index in [1.54, 1.807) is 13.2 Å². The Morgan fingerprint density at radius 1 is 1.38 bits per heavy atom. The smallest absolute Gasteiger partial charge is 0.307 e. The van der Waals surface area contributed by atoms with Crippen molar-refractivity contribution in [2.45, 2.75) is 25.2 Å². The zero-order valence-electron chi connectivity index (χ0n) is 12.3. The molecule has 1 saturated carbocycles. The van der Waals surface area contributed by atoms with Crippen LogP contribution in [0.1, 0.15) is 41.4 Å². The molecule has 0 unspecified atom stereocenters. The topological polar surface area (TPSA) is 81.9 Å². The van der Waals surface area contributed by atoms with Gasteiger partial charge in [0.1, 0.15) is 5.76 Å². The van der Waals surface area contributed by atoms with E-state index in [1.807, 2.05) is 0 Å². The number of ether oxygens (including phenoxy) is 2. The second kappa shape index (κ2) is 7.21. The molecule has 1 amide bonds. The molecule has 0 saturated heterocycles. The van der Waals surface area contributed by atoms with E-state index in [9.17, 15) is 9.59 Å². The maximum absolute atomic E-state index is 12.4. The summed E-state index contributed by atoms with van der Waals surface area (Å²) in [6, 6.07) is 1.69. The van der Waals surface area contributed by atoms with Crippen molar-refractivity contribution in [3.05, 3.63) is 17.5 Å². The summed E-state index contributed by atoms with van der Waals surface area (Å²) in [5, 5.41) is 3.83. The van der Waals surface area contributed by atoms with Crippen molar-refractivity contribution in [1.82, 2.24) is 10.1 Å². The predicted octanol–water partition coefficient (Wildman–Crippen LogP) is 1.20. The molecule has 1 fully saturated rings. The van der Waals surface area contributed by atoms with Crippen LogP contribution >= 0.6 is 0 Å². The normalized spacial score (nSPS) is 14.0. The third-order valence-corrected chi connectivity index (χ3v) is 3.39. The van der Waals surface area contributed by atoms with Gasteiger partial charge in [-0.1, -0.05) is 5.16 Å². The van der Waals surface area contributed by atoms with Crippen molar-refractivity contribution < 1.29 is 23.6 Å². The van der Waals surface area contributed by atoms with E-state index in [-0.39, 0.29) is 30.5 Å². The van der Waals surface area contributed by atoms with Gasteiger partial charge in [0, 0.05) is 32.2 Å². The van der Waals surface area contributed by atoms with Gasteiger partial charge in [0.2, 0.25) is 0 Å². The lowest BCUT2D eigenvalue weighted by molar-refractivity contribution is -0.140. The number of methoxy groups -OCH3 is 2. The van der Waals surface area contributed by atoms with Crippen molar-refractivity contribution >= 4 is 11.9 Å². The minimum absolute atomic E-state index is 0.138. The summed E-state index contributed by atoms with van der Waals surface area (Å²) in [5.74, 6) is 0.551. The van der Waals surface area contributed by atoms with E-state index in [2.05, 4.69) is 9.89 Å². The lowest BCUT2D eigenvalue weighted by Gasteiger charge is -2.20. The summed E-state index contributed by atoms with van der Waals surface area (Å²) in [6.07, 6.45) is 2.30. The Kier molecular flexibility index (Phi) is 5.32. The van der Waals surface area contributed by atoms with Crippen molar-refractivity contribution in [2.75, 3.05) is 33.9 Å². The lowest BCUT2D eigenvalue weighted by Crippen LogP contribution is -2.36. The Bertz CT molecular complexity index is 495. The highest BCUT2D eigenvalue weighted by Crippen LogP contribution is 2.40. The van der Waals surface area contributed by atoms with Gasteiger partial charge in [0.05, 0.1) is 20.1 Å². The molecular weight excluding hydrogens is 276 g/mol. The number of amides is 1. The standard InChI is InChI=1S/C14H20N2O5/c1-19-8-7-16(6-5-13(17)20-2)14(18)11-9-12(21-15-11)10-3-4-10/h9-10H,3-8H2,1-2H3. The summed E-state index contributed by atoms with van der Waals surface area (Å²) in [5.41, 5.74) is 0.276. The van der Waals surface area contributed by atoms with Crippen molar-refractivity contribution in [1.29, 1.82) is 0 Å². The number of aromatic nitrogens is 1. The van der Waals surface area contributed by atoms with Crippen molar-refractivity contribution in [2.24, 2.45) is 0 Å². The number of hydrogen-bond acceptors (Lipinski definition) is 6. The van der Waals surface area contributed by atoms with Gasteiger partial charge in [-0.05, 0) is 12.8 Å².